The minimum absolute atomic E-state index is 0.0318. The second kappa shape index (κ2) is 7.86. The van der Waals surface area contributed by atoms with Crippen LogP contribution in [0.4, 0.5) is 13.2 Å². The number of pyridine rings is 1. The van der Waals surface area contributed by atoms with Crippen molar-refractivity contribution in [2.75, 3.05) is 0 Å². The molecule has 0 aliphatic rings. The van der Waals surface area contributed by atoms with Crippen LogP contribution in [0.3, 0.4) is 0 Å². The van der Waals surface area contributed by atoms with Gasteiger partial charge in [-0.3, -0.25) is 4.98 Å². The van der Waals surface area contributed by atoms with Gasteiger partial charge in [-0.15, -0.1) is 10.2 Å². The van der Waals surface area contributed by atoms with E-state index >= 15 is 0 Å². The van der Waals surface area contributed by atoms with Gasteiger partial charge >= 0.3 is 6.18 Å². The fourth-order valence-electron chi connectivity index (χ4n) is 2.70. The predicted molar refractivity (Wildman–Crippen MR) is 106 cm³/mol. The molecule has 0 saturated carbocycles. The van der Waals surface area contributed by atoms with Crippen molar-refractivity contribution in [3.63, 3.8) is 0 Å². The molecule has 0 radical (unpaired) electrons. The number of alkyl halides is 3. The Labute approximate surface area is 174 Å². The van der Waals surface area contributed by atoms with E-state index in [0.29, 0.717) is 16.5 Å². The fourth-order valence-corrected chi connectivity index (χ4v) is 3.50. The highest BCUT2D eigenvalue weighted by molar-refractivity contribution is 7.99. The molecule has 0 aliphatic carbocycles. The number of benzene rings is 1. The van der Waals surface area contributed by atoms with Crippen LogP contribution in [0.2, 0.25) is 0 Å². The third-order valence-electron chi connectivity index (χ3n) is 4.27. The molecule has 152 valence electrons. The van der Waals surface area contributed by atoms with Crippen molar-refractivity contribution < 1.29 is 13.2 Å². The molecule has 0 bridgehead atoms. The van der Waals surface area contributed by atoms with Gasteiger partial charge in [0.05, 0.1) is 0 Å². The van der Waals surface area contributed by atoms with E-state index in [4.69, 9.17) is 0 Å². The second-order valence-corrected chi connectivity index (χ2v) is 7.47. The van der Waals surface area contributed by atoms with Crippen molar-refractivity contribution >= 4 is 11.8 Å². The molecular formula is C20H15F3N6S. The first-order valence-electron chi connectivity index (χ1n) is 8.82. The molecule has 0 atom stereocenters. The Morgan fingerprint density at radius 3 is 2.27 bits per heavy atom. The van der Waals surface area contributed by atoms with Gasteiger partial charge in [0.1, 0.15) is 10.7 Å². The van der Waals surface area contributed by atoms with Gasteiger partial charge in [-0.2, -0.15) is 13.2 Å². The maximum atomic E-state index is 13.4. The average molecular weight is 428 g/mol. The number of hydrogen-bond acceptors (Lipinski definition) is 6. The van der Waals surface area contributed by atoms with Gasteiger partial charge in [-0.25, -0.2) is 9.97 Å². The normalized spacial score (nSPS) is 11.6. The van der Waals surface area contributed by atoms with E-state index in [2.05, 4.69) is 25.1 Å². The van der Waals surface area contributed by atoms with Crippen LogP contribution in [0.25, 0.3) is 22.8 Å². The maximum absolute atomic E-state index is 13.4. The topological polar surface area (TPSA) is 69.4 Å². The van der Waals surface area contributed by atoms with Crippen LogP contribution in [0.5, 0.6) is 0 Å². The first-order valence-corrected chi connectivity index (χ1v) is 9.64. The summed E-state index contributed by atoms with van der Waals surface area (Å²) >= 11 is 0.995. The highest BCUT2D eigenvalue weighted by Gasteiger charge is 2.34. The van der Waals surface area contributed by atoms with Crippen molar-refractivity contribution in [2.24, 2.45) is 7.05 Å². The Morgan fingerprint density at radius 2 is 1.60 bits per heavy atom. The molecule has 4 aromatic rings. The monoisotopic (exact) mass is 428 g/mol. The zero-order valence-electron chi connectivity index (χ0n) is 15.9. The second-order valence-electron chi connectivity index (χ2n) is 6.48. The van der Waals surface area contributed by atoms with Crippen molar-refractivity contribution in [2.45, 2.75) is 23.3 Å². The molecule has 0 N–H and O–H groups in total. The van der Waals surface area contributed by atoms with Crippen molar-refractivity contribution in [3.8, 4) is 22.8 Å². The molecule has 0 amide bonds. The minimum atomic E-state index is -4.60. The molecule has 10 heteroatoms. The summed E-state index contributed by atoms with van der Waals surface area (Å²) in [6.07, 6.45) is -1.66. The van der Waals surface area contributed by atoms with Crippen molar-refractivity contribution in [1.29, 1.82) is 0 Å². The van der Waals surface area contributed by atoms with Crippen LogP contribution in [0, 0.1) is 6.92 Å². The van der Waals surface area contributed by atoms with Gasteiger partial charge in [-0.1, -0.05) is 29.8 Å². The Balaban J connectivity index is 1.72. The third kappa shape index (κ3) is 4.18. The zero-order valence-corrected chi connectivity index (χ0v) is 16.7. The lowest BCUT2D eigenvalue weighted by atomic mass is 10.1. The summed E-state index contributed by atoms with van der Waals surface area (Å²) in [5.74, 6) is 0.576. The molecule has 6 nitrogen and oxygen atoms in total. The van der Waals surface area contributed by atoms with E-state index in [9.17, 15) is 13.2 Å². The average Bonchev–Trinajstić information content (AvgIpc) is 3.08. The molecule has 3 heterocycles. The summed E-state index contributed by atoms with van der Waals surface area (Å²) in [7, 11) is 1.76. The van der Waals surface area contributed by atoms with Crippen molar-refractivity contribution in [1.82, 2.24) is 29.7 Å². The maximum Gasteiger partial charge on any atom is 0.433 e. The molecule has 30 heavy (non-hydrogen) atoms. The standard InChI is InChI=1S/C20H15F3N6S/c1-12-3-5-14(6-4-12)18-27-28-19(29(18)2)30-16-11-15(20(21,22)23)25-17(26-16)13-7-9-24-10-8-13/h3-11H,1-2H3. The van der Waals surface area contributed by atoms with Crippen LogP contribution in [0.1, 0.15) is 11.3 Å². The van der Waals surface area contributed by atoms with Crippen LogP contribution in [-0.2, 0) is 13.2 Å². The van der Waals surface area contributed by atoms with Crippen LogP contribution < -0.4 is 0 Å². The van der Waals surface area contributed by atoms with Gasteiger partial charge in [0, 0.05) is 36.6 Å². The Bertz CT molecular complexity index is 1170. The number of halogens is 3. The van der Waals surface area contributed by atoms with Gasteiger partial charge < -0.3 is 4.57 Å². The highest BCUT2D eigenvalue weighted by Crippen LogP contribution is 2.34. The third-order valence-corrected chi connectivity index (χ3v) is 5.23. The summed E-state index contributed by atoms with van der Waals surface area (Å²) in [5, 5.41) is 8.85. The van der Waals surface area contributed by atoms with Gasteiger partial charge in [0.15, 0.2) is 16.8 Å². The summed E-state index contributed by atoms with van der Waals surface area (Å²) in [5.41, 5.74) is 1.39. The summed E-state index contributed by atoms with van der Waals surface area (Å²) in [4.78, 5) is 11.8. The molecule has 0 spiro atoms. The Morgan fingerprint density at radius 1 is 0.900 bits per heavy atom. The predicted octanol–water partition coefficient (Wildman–Crippen LogP) is 4.81. The van der Waals surface area contributed by atoms with E-state index in [0.717, 1.165) is 29.0 Å². The molecule has 4 rings (SSSR count). The molecule has 0 unspecified atom stereocenters. The molecule has 0 fully saturated rings. The van der Waals surface area contributed by atoms with E-state index in [1.165, 1.54) is 12.4 Å². The fraction of sp³-hybridized carbons (Fsp3) is 0.150. The van der Waals surface area contributed by atoms with E-state index in [1.807, 2.05) is 31.2 Å². The Hall–Kier alpha value is -3.27. The van der Waals surface area contributed by atoms with Gasteiger partial charge in [-0.05, 0) is 30.8 Å². The molecule has 0 saturated heterocycles. The number of aromatic nitrogens is 6. The summed E-state index contributed by atoms with van der Waals surface area (Å²) in [6.45, 7) is 1.98. The lowest BCUT2D eigenvalue weighted by Crippen LogP contribution is -2.10. The quantitative estimate of drug-likeness (QED) is 0.435. The molecule has 1 aromatic carbocycles. The number of nitrogens with zero attached hydrogens (tertiary/aromatic N) is 6. The van der Waals surface area contributed by atoms with Crippen LogP contribution in [-0.4, -0.2) is 29.7 Å². The molecule has 3 aromatic heterocycles. The zero-order chi connectivity index (χ0) is 21.3. The SMILES string of the molecule is Cc1ccc(-c2nnc(Sc3cc(C(F)(F)F)nc(-c4ccncc4)n3)n2C)cc1. The first kappa shape index (κ1) is 20.0. The van der Waals surface area contributed by atoms with E-state index < -0.39 is 11.9 Å². The van der Waals surface area contributed by atoms with Crippen LogP contribution in [0.15, 0.2) is 65.0 Å². The number of aryl methyl sites for hydroxylation is 1. The van der Waals surface area contributed by atoms with E-state index in [-0.39, 0.29) is 10.9 Å². The lowest BCUT2D eigenvalue weighted by molar-refractivity contribution is -0.141. The minimum Gasteiger partial charge on any atom is -0.305 e. The lowest BCUT2D eigenvalue weighted by Gasteiger charge is -2.10. The first-order chi connectivity index (χ1) is 14.3. The van der Waals surface area contributed by atoms with Crippen molar-refractivity contribution in [3.05, 3.63) is 66.1 Å². The van der Waals surface area contributed by atoms with E-state index in [1.54, 1.807) is 23.7 Å². The molecule has 0 aliphatic heterocycles. The van der Waals surface area contributed by atoms with Gasteiger partial charge in [0.25, 0.3) is 0 Å². The largest absolute Gasteiger partial charge is 0.433 e. The summed E-state index contributed by atoms with van der Waals surface area (Å²) in [6, 6.07) is 11.8. The highest BCUT2D eigenvalue weighted by atomic mass is 32.2. The number of hydrogen-bond donors (Lipinski definition) is 0. The summed E-state index contributed by atoms with van der Waals surface area (Å²) < 4.78 is 41.9. The molecular weight excluding hydrogens is 413 g/mol. The smallest absolute Gasteiger partial charge is 0.305 e. The number of rotatable bonds is 4. The Kier molecular flexibility index (Phi) is 5.25. The van der Waals surface area contributed by atoms with Crippen LogP contribution >= 0.6 is 11.8 Å². The van der Waals surface area contributed by atoms with Gasteiger partial charge in [0.2, 0.25) is 0 Å².